The van der Waals surface area contributed by atoms with Crippen molar-refractivity contribution in [3.63, 3.8) is 0 Å². The Balaban J connectivity index is 2.98. The Hall–Kier alpha value is -2.21. The van der Waals surface area contributed by atoms with Gasteiger partial charge in [0, 0.05) is 6.08 Å². The van der Waals surface area contributed by atoms with Crippen LogP contribution in [0.15, 0.2) is 36.0 Å². The molecule has 0 aliphatic heterocycles. The summed E-state index contributed by atoms with van der Waals surface area (Å²) >= 11 is 0. The number of nitrogens with zero attached hydrogens (tertiary/aromatic N) is 1. The van der Waals surface area contributed by atoms with Crippen LogP contribution in [-0.4, -0.2) is 28.2 Å². The van der Waals surface area contributed by atoms with Crippen LogP contribution in [0.25, 0.3) is 6.08 Å². The number of rotatable bonds is 5. The van der Waals surface area contributed by atoms with Crippen molar-refractivity contribution in [2.45, 2.75) is 26.1 Å². The maximum atomic E-state index is 11.5. The third-order valence-corrected chi connectivity index (χ3v) is 2.18. The first-order valence-electron chi connectivity index (χ1n) is 5.71. The number of esters is 1. The van der Waals surface area contributed by atoms with Crippen LogP contribution < -0.4 is 0 Å². The molecular weight excluding hydrogens is 250 g/mol. The van der Waals surface area contributed by atoms with Gasteiger partial charge in [0.2, 0.25) is 6.10 Å². The second-order valence-electron chi connectivity index (χ2n) is 4.13. The molecule has 0 aromatic heterocycles. The lowest BCUT2D eigenvalue weighted by Gasteiger charge is -2.11. The predicted molar refractivity (Wildman–Crippen MR) is 68.6 cm³/mol. The monoisotopic (exact) mass is 265 g/mol. The number of hydrogen-bond acceptors (Lipinski definition) is 5. The summed E-state index contributed by atoms with van der Waals surface area (Å²) in [6, 6.07) is 8.41. The van der Waals surface area contributed by atoms with Gasteiger partial charge in [-0.05, 0) is 19.4 Å². The molecule has 1 N–H and O–H groups in total. The Labute approximate surface area is 110 Å². The molecule has 6 heteroatoms. The van der Waals surface area contributed by atoms with Gasteiger partial charge >= 0.3 is 5.97 Å². The van der Waals surface area contributed by atoms with Gasteiger partial charge in [-0.3, -0.25) is 10.1 Å². The predicted octanol–water partition coefficient (Wildman–Crippen LogP) is 1.62. The molecule has 0 bridgehead atoms. The molecule has 0 heterocycles. The van der Waals surface area contributed by atoms with E-state index in [1.165, 1.54) is 0 Å². The molecule has 1 aromatic carbocycles. The highest BCUT2D eigenvalue weighted by atomic mass is 16.6. The summed E-state index contributed by atoms with van der Waals surface area (Å²) in [4.78, 5) is 21.6. The van der Waals surface area contributed by atoms with E-state index in [-0.39, 0.29) is 0 Å². The van der Waals surface area contributed by atoms with Gasteiger partial charge in [0.25, 0.3) is 5.70 Å². The molecule has 19 heavy (non-hydrogen) atoms. The van der Waals surface area contributed by atoms with Crippen LogP contribution in [-0.2, 0) is 9.53 Å². The van der Waals surface area contributed by atoms with E-state index < -0.39 is 28.8 Å². The SMILES string of the molecule is CC(C)OC(=O)C(O)C(=Cc1ccccc1)[N+](=O)[O-]. The first kappa shape index (κ1) is 14.8. The first-order chi connectivity index (χ1) is 8.91. The van der Waals surface area contributed by atoms with E-state index in [9.17, 15) is 20.0 Å². The molecule has 1 rings (SSSR count). The van der Waals surface area contributed by atoms with Crippen LogP contribution in [0.2, 0.25) is 0 Å². The lowest BCUT2D eigenvalue weighted by atomic mass is 10.1. The number of aliphatic hydroxyl groups is 1. The summed E-state index contributed by atoms with van der Waals surface area (Å²) in [5, 5.41) is 20.6. The van der Waals surface area contributed by atoms with E-state index in [0.29, 0.717) is 5.56 Å². The zero-order valence-corrected chi connectivity index (χ0v) is 10.6. The molecular formula is C13H15NO5. The van der Waals surface area contributed by atoms with Crippen LogP contribution in [0.1, 0.15) is 19.4 Å². The number of carbonyl (C=O) groups is 1. The zero-order chi connectivity index (χ0) is 14.4. The molecule has 0 aliphatic carbocycles. The van der Waals surface area contributed by atoms with Gasteiger partial charge in [0.1, 0.15) is 0 Å². The molecule has 0 spiro atoms. The highest BCUT2D eigenvalue weighted by Gasteiger charge is 2.31. The highest BCUT2D eigenvalue weighted by molar-refractivity contribution is 5.79. The molecule has 0 saturated heterocycles. The maximum Gasteiger partial charge on any atom is 0.346 e. The van der Waals surface area contributed by atoms with Crippen molar-refractivity contribution in [1.82, 2.24) is 0 Å². The average Bonchev–Trinajstić information content (AvgIpc) is 2.35. The topological polar surface area (TPSA) is 89.7 Å². The number of carbonyl (C=O) groups excluding carboxylic acids is 1. The maximum absolute atomic E-state index is 11.5. The van der Waals surface area contributed by atoms with Crippen molar-refractivity contribution in [3.8, 4) is 0 Å². The standard InChI is InChI=1S/C13H15NO5/c1-9(2)19-13(16)12(15)11(14(17)18)8-10-6-4-3-5-7-10/h3-9,12,15H,1-2H3. The zero-order valence-electron chi connectivity index (χ0n) is 10.6. The fourth-order valence-corrected chi connectivity index (χ4v) is 1.37. The third-order valence-electron chi connectivity index (χ3n) is 2.18. The van der Waals surface area contributed by atoms with Crippen molar-refractivity contribution >= 4 is 12.0 Å². The number of benzene rings is 1. The van der Waals surface area contributed by atoms with Crippen molar-refractivity contribution < 1.29 is 19.6 Å². The summed E-state index contributed by atoms with van der Waals surface area (Å²) in [6.45, 7) is 3.19. The van der Waals surface area contributed by atoms with E-state index >= 15 is 0 Å². The van der Waals surface area contributed by atoms with Gasteiger partial charge in [-0.25, -0.2) is 4.79 Å². The Morgan fingerprint density at radius 3 is 2.42 bits per heavy atom. The summed E-state index contributed by atoms with van der Waals surface area (Å²) in [5.74, 6) is -1.03. The summed E-state index contributed by atoms with van der Waals surface area (Å²) in [5.41, 5.74) is -0.0950. The van der Waals surface area contributed by atoms with E-state index in [2.05, 4.69) is 0 Å². The number of aliphatic hydroxyl groups excluding tert-OH is 1. The quantitative estimate of drug-likeness (QED) is 0.496. The molecule has 1 unspecified atom stereocenters. The van der Waals surface area contributed by atoms with E-state index in [0.717, 1.165) is 6.08 Å². The summed E-state index contributed by atoms with van der Waals surface area (Å²) in [6.07, 6.45) is -1.21. The average molecular weight is 265 g/mol. The van der Waals surface area contributed by atoms with Gasteiger partial charge < -0.3 is 9.84 Å². The molecule has 6 nitrogen and oxygen atoms in total. The Morgan fingerprint density at radius 1 is 1.37 bits per heavy atom. The molecule has 0 aliphatic rings. The molecule has 0 saturated carbocycles. The minimum atomic E-state index is -1.90. The normalized spacial score (nSPS) is 13.2. The van der Waals surface area contributed by atoms with E-state index in [1.54, 1.807) is 44.2 Å². The molecule has 0 fully saturated rings. The third kappa shape index (κ3) is 4.51. The van der Waals surface area contributed by atoms with E-state index in [4.69, 9.17) is 4.74 Å². The van der Waals surface area contributed by atoms with E-state index in [1.807, 2.05) is 0 Å². The highest BCUT2D eigenvalue weighted by Crippen LogP contribution is 2.12. The van der Waals surface area contributed by atoms with Crippen molar-refractivity contribution in [1.29, 1.82) is 0 Å². The fraction of sp³-hybridized carbons (Fsp3) is 0.308. The number of ether oxygens (including phenoxy) is 1. The molecule has 0 radical (unpaired) electrons. The molecule has 1 atom stereocenters. The lowest BCUT2D eigenvalue weighted by molar-refractivity contribution is -0.432. The van der Waals surface area contributed by atoms with Gasteiger partial charge in [-0.1, -0.05) is 30.3 Å². The first-order valence-corrected chi connectivity index (χ1v) is 5.71. The van der Waals surface area contributed by atoms with Crippen molar-refractivity contribution in [2.24, 2.45) is 0 Å². The smallest absolute Gasteiger partial charge is 0.346 e. The van der Waals surface area contributed by atoms with Crippen LogP contribution in [0.4, 0.5) is 0 Å². The fourth-order valence-electron chi connectivity index (χ4n) is 1.37. The van der Waals surface area contributed by atoms with Gasteiger partial charge in [-0.2, -0.15) is 0 Å². The summed E-state index contributed by atoms with van der Waals surface area (Å²) < 4.78 is 4.75. The lowest BCUT2D eigenvalue weighted by Crippen LogP contribution is -2.30. The molecule has 0 amide bonds. The van der Waals surface area contributed by atoms with Crippen LogP contribution in [0.3, 0.4) is 0 Å². The van der Waals surface area contributed by atoms with Gasteiger partial charge in [0.15, 0.2) is 0 Å². The number of nitro groups is 1. The van der Waals surface area contributed by atoms with Crippen molar-refractivity contribution in [3.05, 3.63) is 51.7 Å². The van der Waals surface area contributed by atoms with Crippen molar-refractivity contribution in [2.75, 3.05) is 0 Å². The minimum Gasteiger partial charge on any atom is -0.461 e. The van der Waals surface area contributed by atoms with Crippen LogP contribution >= 0.6 is 0 Å². The van der Waals surface area contributed by atoms with Crippen LogP contribution in [0, 0.1) is 10.1 Å². The van der Waals surface area contributed by atoms with Gasteiger partial charge in [-0.15, -0.1) is 0 Å². The second-order valence-corrected chi connectivity index (χ2v) is 4.13. The largest absolute Gasteiger partial charge is 0.461 e. The molecule has 1 aromatic rings. The summed E-state index contributed by atoms with van der Waals surface area (Å²) in [7, 11) is 0. The molecule has 102 valence electrons. The number of hydrogen-bond donors (Lipinski definition) is 1. The van der Waals surface area contributed by atoms with Crippen LogP contribution in [0.5, 0.6) is 0 Å². The Bertz CT molecular complexity index is 481. The van der Waals surface area contributed by atoms with Gasteiger partial charge in [0.05, 0.1) is 11.0 Å². The minimum absolute atomic E-state index is 0.452. The second kappa shape index (κ2) is 6.65. The Morgan fingerprint density at radius 2 is 1.95 bits per heavy atom. The Kier molecular flexibility index (Phi) is 5.20.